The Morgan fingerprint density at radius 3 is 2.80 bits per heavy atom. The van der Waals surface area contributed by atoms with Gasteiger partial charge in [-0.1, -0.05) is 6.07 Å². The lowest BCUT2D eigenvalue weighted by Gasteiger charge is -2.07. The monoisotopic (exact) mass is 330 g/mol. The van der Waals surface area contributed by atoms with Gasteiger partial charge in [0.1, 0.15) is 11.5 Å². The van der Waals surface area contributed by atoms with Gasteiger partial charge in [0.25, 0.3) is 0 Å². The number of nitrogens with zero attached hydrogens (tertiary/aromatic N) is 5. The number of rotatable bonds is 4. The van der Waals surface area contributed by atoms with Gasteiger partial charge in [-0.2, -0.15) is 0 Å². The van der Waals surface area contributed by atoms with Crippen LogP contribution in [0.4, 0.5) is 5.82 Å². The molecule has 4 aromatic heterocycles. The molecule has 0 aromatic carbocycles. The van der Waals surface area contributed by atoms with E-state index in [0.29, 0.717) is 12.4 Å². The first-order chi connectivity index (χ1) is 12.2. The van der Waals surface area contributed by atoms with Gasteiger partial charge in [0.05, 0.1) is 12.2 Å². The maximum atomic E-state index is 4.68. The van der Waals surface area contributed by atoms with Crippen LogP contribution < -0.4 is 5.32 Å². The number of imidazole rings is 1. The Labute approximate surface area is 145 Å². The largest absolute Gasteiger partial charge is 0.364 e. The summed E-state index contributed by atoms with van der Waals surface area (Å²) in [6.45, 7) is 4.62. The van der Waals surface area contributed by atoms with Crippen molar-refractivity contribution < 1.29 is 0 Å². The Kier molecular flexibility index (Phi) is 3.85. The second-order valence-electron chi connectivity index (χ2n) is 5.97. The van der Waals surface area contributed by atoms with E-state index < -0.39 is 0 Å². The molecule has 4 aromatic rings. The summed E-state index contributed by atoms with van der Waals surface area (Å²) in [6.07, 6.45) is 7.55. The van der Waals surface area contributed by atoms with Gasteiger partial charge < -0.3 is 9.72 Å². The summed E-state index contributed by atoms with van der Waals surface area (Å²) in [6, 6.07) is 9.85. The Bertz CT molecular complexity index is 1020. The topological polar surface area (TPSA) is 68.0 Å². The molecule has 6 nitrogen and oxygen atoms in total. The van der Waals surface area contributed by atoms with Gasteiger partial charge in [0.15, 0.2) is 5.82 Å². The molecule has 1 N–H and O–H groups in total. The predicted molar refractivity (Wildman–Crippen MR) is 97.3 cm³/mol. The van der Waals surface area contributed by atoms with Gasteiger partial charge in [-0.25, -0.2) is 15.0 Å². The smallest absolute Gasteiger partial charge is 0.163 e. The lowest BCUT2D eigenvalue weighted by molar-refractivity contribution is 1.03. The molecule has 0 aliphatic rings. The average Bonchev–Trinajstić information content (AvgIpc) is 3.05. The molecule has 0 atom stereocenters. The van der Waals surface area contributed by atoms with Crippen molar-refractivity contribution in [1.29, 1.82) is 0 Å². The molecule has 0 aliphatic heterocycles. The molecule has 124 valence electrons. The Morgan fingerprint density at radius 2 is 2.00 bits per heavy atom. The predicted octanol–water partition coefficient (Wildman–Crippen LogP) is 3.42. The number of hydrogen-bond acceptors (Lipinski definition) is 5. The highest BCUT2D eigenvalue weighted by Gasteiger charge is 2.07. The minimum atomic E-state index is 0.601. The number of anilines is 1. The van der Waals surface area contributed by atoms with Crippen molar-refractivity contribution in [2.75, 3.05) is 5.32 Å². The highest BCUT2D eigenvalue weighted by molar-refractivity contribution is 5.56. The van der Waals surface area contributed by atoms with E-state index in [1.807, 2.05) is 48.0 Å². The highest BCUT2D eigenvalue weighted by Crippen LogP contribution is 2.17. The van der Waals surface area contributed by atoms with Crippen LogP contribution in [0.3, 0.4) is 0 Å². The zero-order valence-corrected chi connectivity index (χ0v) is 14.1. The Balaban J connectivity index is 1.58. The molecule has 0 saturated heterocycles. The standard InChI is InChI=1S/C19H18N6/c1-13-5-4-8-25-12-16(23-19(13)25)11-21-17-9-14(2)22-18(24-17)15-6-3-7-20-10-15/h3-10,12H,11H2,1-2H3,(H,21,22,24). The van der Waals surface area contributed by atoms with E-state index in [4.69, 9.17) is 0 Å². The van der Waals surface area contributed by atoms with Gasteiger partial charge in [-0.05, 0) is 37.6 Å². The van der Waals surface area contributed by atoms with Crippen molar-refractivity contribution in [3.05, 3.63) is 72.1 Å². The van der Waals surface area contributed by atoms with E-state index in [9.17, 15) is 0 Å². The first-order valence-electron chi connectivity index (χ1n) is 8.12. The molecule has 0 bridgehead atoms. The van der Waals surface area contributed by atoms with Gasteiger partial charge in [-0.3, -0.25) is 4.98 Å². The molecule has 6 heteroatoms. The van der Waals surface area contributed by atoms with E-state index in [0.717, 1.165) is 34.0 Å². The molecule has 0 aliphatic carbocycles. The summed E-state index contributed by atoms with van der Waals surface area (Å²) >= 11 is 0. The van der Waals surface area contributed by atoms with Crippen LogP contribution in [0, 0.1) is 13.8 Å². The lowest BCUT2D eigenvalue weighted by Crippen LogP contribution is -2.04. The SMILES string of the molecule is Cc1cc(NCc2cn3cccc(C)c3n2)nc(-c2cccnc2)n1. The lowest BCUT2D eigenvalue weighted by atomic mass is 10.2. The number of fused-ring (bicyclic) bond motifs is 1. The van der Waals surface area contributed by atoms with Crippen LogP contribution in [0.2, 0.25) is 0 Å². The van der Waals surface area contributed by atoms with Crippen LogP contribution in [-0.2, 0) is 6.54 Å². The van der Waals surface area contributed by atoms with Crippen molar-refractivity contribution in [3.63, 3.8) is 0 Å². The third-order valence-corrected chi connectivity index (χ3v) is 3.95. The maximum Gasteiger partial charge on any atom is 0.163 e. The Morgan fingerprint density at radius 1 is 1.08 bits per heavy atom. The molecular weight excluding hydrogens is 312 g/mol. The zero-order valence-electron chi connectivity index (χ0n) is 14.1. The quantitative estimate of drug-likeness (QED) is 0.621. The summed E-state index contributed by atoms with van der Waals surface area (Å²) in [5.74, 6) is 1.45. The molecular formula is C19H18N6. The number of pyridine rings is 2. The van der Waals surface area contributed by atoms with Crippen molar-refractivity contribution in [3.8, 4) is 11.4 Å². The van der Waals surface area contributed by atoms with Crippen molar-refractivity contribution >= 4 is 11.5 Å². The molecule has 0 fully saturated rings. The normalized spacial score (nSPS) is 11.0. The number of aryl methyl sites for hydroxylation is 2. The Hall–Kier alpha value is -3.28. The average molecular weight is 330 g/mol. The minimum absolute atomic E-state index is 0.601. The second-order valence-corrected chi connectivity index (χ2v) is 5.97. The van der Waals surface area contributed by atoms with E-state index in [1.54, 1.807) is 12.4 Å². The first kappa shape index (κ1) is 15.3. The fourth-order valence-electron chi connectivity index (χ4n) is 2.75. The first-order valence-corrected chi connectivity index (χ1v) is 8.12. The molecule has 25 heavy (non-hydrogen) atoms. The van der Waals surface area contributed by atoms with Crippen LogP contribution in [0.1, 0.15) is 17.0 Å². The second kappa shape index (κ2) is 6.32. The summed E-state index contributed by atoms with van der Waals surface area (Å²) in [5, 5.41) is 3.34. The number of aromatic nitrogens is 5. The van der Waals surface area contributed by atoms with E-state index >= 15 is 0 Å². The molecule has 0 saturated carbocycles. The third-order valence-electron chi connectivity index (χ3n) is 3.95. The van der Waals surface area contributed by atoms with Crippen LogP contribution in [-0.4, -0.2) is 24.3 Å². The van der Waals surface area contributed by atoms with Crippen LogP contribution in [0.15, 0.2) is 55.1 Å². The van der Waals surface area contributed by atoms with E-state index in [-0.39, 0.29) is 0 Å². The number of nitrogens with one attached hydrogen (secondary N) is 1. The summed E-state index contributed by atoms with van der Waals surface area (Å²) in [5.41, 5.74) is 4.91. The zero-order chi connectivity index (χ0) is 17.2. The fourth-order valence-corrected chi connectivity index (χ4v) is 2.75. The molecule has 0 amide bonds. The fraction of sp³-hybridized carbons (Fsp3) is 0.158. The van der Waals surface area contributed by atoms with Gasteiger partial charge in [-0.15, -0.1) is 0 Å². The minimum Gasteiger partial charge on any atom is -0.364 e. The van der Waals surface area contributed by atoms with Crippen molar-refractivity contribution in [2.45, 2.75) is 20.4 Å². The third kappa shape index (κ3) is 3.19. The molecule has 4 heterocycles. The van der Waals surface area contributed by atoms with Crippen LogP contribution in [0.5, 0.6) is 0 Å². The highest BCUT2D eigenvalue weighted by atomic mass is 15.1. The van der Waals surface area contributed by atoms with Crippen LogP contribution >= 0.6 is 0 Å². The van der Waals surface area contributed by atoms with Crippen LogP contribution in [0.25, 0.3) is 17.0 Å². The molecule has 0 spiro atoms. The summed E-state index contributed by atoms with van der Waals surface area (Å²) < 4.78 is 2.04. The molecule has 0 radical (unpaired) electrons. The molecule has 0 unspecified atom stereocenters. The van der Waals surface area contributed by atoms with Crippen molar-refractivity contribution in [1.82, 2.24) is 24.3 Å². The summed E-state index contributed by atoms with van der Waals surface area (Å²) in [7, 11) is 0. The molecule has 4 rings (SSSR count). The van der Waals surface area contributed by atoms with Gasteiger partial charge >= 0.3 is 0 Å². The van der Waals surface area contributed by atoms with Crippen molar-refractivity contribution in [2.24, 2.45) is 0 Å². The van der Waals surface area contributed by atoms with Gasteiger partial charge in [0.2, 0.25) is 0 Å². The van der Waals surface area contributed by atoms with E-state index in [1.165, 1.54) is 0 Å². The van der Waals surface area contributed by atoms with Gasteiger partial charge in [0, 0.05) is 42.1 Å². The summed E-state index contributed by atoms with van der Waals surface area (Å²) in [4.78, 5) is 17.9. The maximum absolute atomic E-state index is 4.68. The van der Waals surface area contributed by atoms with E-state index in [2.05, 4.69) is 38.2 Å². The number of hydrogen-bond donors (Lipinski definition) is 1.